The van der Waals surface area contributed by atoms with Crippen LogP contribution in [0.2, 0.25) is 0 Å². The van der Waals surface area contributed by atoms with Gasteiger partial charge in [-0.15, -0.1) is 0 Å². The van der Waals surface area contributed by atoms with Crippen LogP contribution < -0.4 is 5.32 Å². The summed E-state index contributed by atoms with van der Waals surface area (Å²) in [5, 5.41) is 3.44. The lowest BCUT2D eigenvalue weighted by Crippen LogP contribution is -2.43. The van der Waals surface area contributed by atoms with E-state index in [9.17, 15) is 0 Å². The van der Waals surface area contributed by atoms with Crippen molar-refractivity contribution in [2.45, 2.75) is 51.3 Å². The van der Waals surface area contributed by atoms with Crippen LogP contribution in [0.4, 0.5) is 0 Å². The van der Waals surface area contributed by atoms with E-state index in [2.05, 4.69) is 41.1 Å². The topological polar surface area (TPSA) is 39.1 Å². The van der Waals surface area contributed by atoms with Crippen LogP contribution in [0, 0.1) is 0 Å². The van der Waals surface area contributed by atoms with Crippen molar-refractivity contribution in [3.63, 3.8) is 0 Å². The summed E-state index contributed by atoms with van der Waals surface area (Å²) < 4.78 is 8.27. The smallest absolute Gasteiger partial charge is 0.111 e. The first-order valence-electron chi connectivity index (χ1n) is 8.06. The number of aryl methyl sites for hydroxylation is 1. The minimum atomic E-state index is 0.314. The summed E-state index contributed by atoms with van der Waals surface area (Å²) in [6.07, 6.45) is 4.85. The maximum absolute atomic E-state index is 5.95. The lowest BCUT2D eigenvalue weighted by Gasteiger charge is -2.30. The number of nitrogens with zero attached hydrogens (tertiary/aromatic N) is 2. The first-order chi connectivity index (χ1) is 10.3. The maximum Gasteiger partial charge on any atom is 0.111 e. The summed E-state index contributed by atoms with van der Waals surface area (Å²) in [7, 11) is 2.03. The molecule has 1 N–H and O–H groups in total. The first-order valence-corrected chi connectivity index (χ1v) is 8.06. The predicted molar refractivity (Wildman–Crippen MR) is 85.5 cm³/mol. The second kappa shape index (κ2) is 6.58. The monoisotopic (exact) mass is 287 g/mol. The van der Waals surface area contributed by atoms with E-state index in [0.717, 1.165) is 37.3 Å². The third kappa shape index (κ3) is 2.97. The second-order valence-corrected chi connectivity index (χ2v) is 5.77. The summed E-state index contributed by atoms with van der Waals surface area (Å²) in [4.78, 5) is 4.83. The zero-order valence-corrected chi connectivity index (χ0v) is 13.0. The quantitative estimate of drug-likeness (QED) is 0.919. The van der Waals surface area contributed by atoms with Crippen LogP contribution in [-0.4, -0.2) is 35.4 Å². The standard InChI is InChI=1S/C17H25N3O/c1-3-20-15-9-5-4-8-13(15)19-17(20)12-14(18-2)16-10-6-7-11-21-16/h4-5,8-9,14,16,18H,3,6-7,10-12H2,1-2H3. The molecule has 0 saturated carbocycles. The minimum Gasteiger partial charge on any atom is -0.377 e. The molecule has 0 amide bonds. The third-order valence-electron chi connectivity index (χ3n) is 4.49. The maximum atomic E-state index is 5.95. The Bertz CT molecular complexity index is 587. The Kier molecular flexibility index (Phi) is 4.56. The van der Waals surface area contributed by atoms with Crippen molar-refractivity contribution in [3.8, 4) is 0 Å². The molecule has 2 atom stereocenters. The van der Waals surface area contributed by atoms with E-state index in [1.807, 2.05) is 7.05 Å². The van der Waals surface area contributed by atoms with E-state index in [0.29, 0.717) is 12.1 Å². The Hall–Kier alpha value is -1.39. The van der Waals surface area contributed by atoms with Gasteiger partial charge in [-0.05, 0) is 45.4 Å². The van der Waals surface area contributed by atoms with E-state index < -0.39 is 0 Å². The Morgan fingerprint density at radius 3 is 2.95 bits per heavy atom. The molecule has 114 valence electrons. The number of likely N-dealkylation sites (N-methyl/N-ethyl adjacent to an activating group) is 1. The fourth-order valence-electron chi connectivity index (χ4n) is 3.33. The predicted octanol–water partition coefficient (Wildman–Crippen LogP) is 2.76. The average Bonchev–Trinajstić information content (AvgIpc) is 2.90. The zero-order valence-electron chi connectivity index (χ0n) is 13.0. The van der Waals surface area contributed by atoms with E-state index >= 15 is 0 Å². The van der Waals surface area contributed by atoms with Crippen LogP contribution in [0.5, 0.6) is 0 Å². The number of para-hydroxylation sites is 2. The van der Waals surface area contributed by atoms with E-state index in [-0.39, 0.29) is 0 Å². The number of nitrogens with one attached hydrogen (secondary N) is 1. The molecule has 0 radical (unpaired) electrons. The molecule has 3 rings (SSSR count). The number of rotatable bonds is 5. The molecule has 1 aromatic carbocycles. The fourth-order valence-corrected chi connectivity index (χ4v) is 3.33. The SMILES string of the molecule is CCn1c(CC(NC)C2CCCCO2)nc2ccccc21. The molecule has 2 heterocycles. The van der Waals surface area contributed by atoms with Gasteiger partial charge in [-0.1, -0.05) is 12.1 Å². The van der Waals surface area contributed by atoms with Gasteiger partial charge in [-0.3, -0.25) is 0 Å². The molecule has 0 bridgehead atoms. The lowest BCUT2D eigenvalue weighted by atomic mass is 9.99. The molecular weight excluding hydrogens is 262 g/mol. The van der Waals surface area contributed by atoms with Crippen molar-refractivity contribution in [1.29, 1.82) is 0 Å². The summed E-state index contributed by atoms with van der Waals surface area (Å²) >= 11 is 0. The van der Waals surface area contributed by atoms with Gasteiger partial charge in [0.1, 0.15) is 5.82 Å². The van der Waals surface area contributed by atoms with Gasteiger partial charge in [0.05, 0.1) is 17.1 Å². The molecule has 0 aliphatic carbocycles. The highest BCUT2D eigenvalue weighted by molar-refractivity contribution is 5.75. The van der Waals surface area contributed by atoms with Gasteiger partial charge in [0.15, 0.2) is 0 Å². The largest absolute Gasteiger partial charge is 0.377 e. The molecule has 1 fully saturated rings. The molecule has 4 nitrogen and oxygen atoms in total. The van der Waals surface area contributed by atoms with E-state index in [1.165, 1.54) is 18.4 Å². The van der Waals surface area contributed by atoms with Crippen LogP contribution in [0.15, 0.2) is 24.3 Å². The molecule has 1 aliphatic heterocycles. The van der Waals surface area contributed by atoms with Crippen molar-refractivity contribution in [2.75, 3.05) is 13.7 Å². The second-order valence-electron chi connectivity index (χ2n) is 5.77. The molecular formula is C17H25N3O. The summed E-state index contributed by atoms with van der Waals surface area (Å²) in [5.41, 5.74) is 2.32. The molecule has 0 spiro atoms. The van der Waals surface area contributed by atoms with Crippen molar-refractivity contribution in [3.05, 3.63) is 30.1 Å². The number of benzene rings is 1. The highest BCUT2D eigenvalue weighted by Crippen LogP contribution is 2.21. The lowest BCUT2D eigenvalue weighted by molar-refractivity contribution is -0.00637. The van der Waals surface area contributed by atoms with Gasteiger partial charge in [0, 0.05) is 25.6 Å². The summed E-state index contributed by atoms with van der Waals surface area (Å²) in [5.74, 6) is 1.16. The Morgan fingerprint density at radius 1 is 1.38 bits per heavy atom. The number of fused-ring (bicyclic) bond motifs is 1. The summed E-state index contributed by atoms with van der Waals surface area (Å²) in [6.45, 7) is 4.04. The molecule has 4 heteroatoms. The van der Waals surface area contributed by atoms with Crippen LogP contribution in [0.1, 0.15) is 32.0 Å². The van der Waals surface area contributed by atoms with Crippen molar-refractivity contribution in [2.24, 2.45) is 0 Å². The fraction of sp³-hybridized carbons (Fsp3) is 0.588. The van der Waals surface area contributed by atoms with Gasteiger partial charge in [0.25, 0.3) is 0 Å². The molecule has 1 aliphatic rings. The van der Waals surface area contributed by atoms with Crippen molar-refractivity contribution in [1.82, 2.24) is 14.9 Å². The van der Waals surface area contributed by atoms with Gasteiger partial charge < -0.3 is 14.6 Å². The van der Waals surface area contributed by atoms with Crippen LogP contribution in [0.3, 0.4) is 0 Å². The highest BCUT2D eigenvalue weighted by atomic mass is 16.5. The van der Waals surface area contributed by atoms with Crippen molar-refractivity contribution < 1.29 is 4.74 Å². The number of imidazole rings is 1. The van der Waals surface area contributed by atoms with E-state index in [1.54, 1.807) is 0 Å². The van der Waals surface area contributed by atoms with Crippen LogP contribution in [-0.2, 0) is 17.7 Å². The normalized spacial score (nSPS) is 20.8. The molecule has 1 saturated heterocycles. The zero-order chi connectivity index (χ0) is 14.7. The van der Waals surface area contributed by atoms with Crippen LogP contribution >= 0.6 is 0 Å². The Balaban J connectivity index is 1.85. The number of hydrogen-bond acceptors (Lipinski definition) is 3. The molecule has 2 unspecified atom stereocenters. The van der Waals surface area contributed by atoms with Gasteiger partial charge in [-0.25, -0.2) is 4.98 Å². The van der Waals surface area contributed by atoms with Gasteiger partial charge >= 0.3 is 0 Å². The Morgan fingerprint density at radius 2 is 2.24 bits per heavy atom. The molecule has 2 aromatic rings. The molecule has 21 heavy (non-hydrogen) atoms. The Labute approximate surface area is 126 Å². The van der Waals surface area contributed by atoms with Gasteiger partial charge in [-0.2, -0.15) is 0 Å². The number of ether oxygens (including phenoxy) is 1. The summed E-state index contributed by atoms with van der Waals surface area (Å²) in [6, 6.07) is 8.73. The van der Waals surface area contributed by atoms with E-state index in [4.69, 9.17) is 9.72 Å². The van der Waals surface area contributed by atoms with Crippen molar-refractivity contribution >= 4 is 11.0 Å². The average molecular weight is 287 g/mol. The highest BCUT2D eigenvalue weighted by Gasteiger charge is 2.25. The van der Waals surface area contributed by atoms with Crippen LogP contribution in [0.25, 0.3) is 11.0 Å². The number of hydrogen-bond donors (Lipinski definition) is 1. The number of aromatic nitrogens is 2. The first kappa shape index (κ1) is 14.5. The minimum absolute atomic E-state index is 0.314. The van der Waals surface area contributed by atoms with Gasteiger partial charge in [0.2, 0.25) is 0 Å². The third-order valence-corrected chi connectivity index (χ3v) is 4.49. The molecule has 1 aromatic heterocycles.